The maximum Gasteiger partial charge on any atom is 0.251 e. The van der Waals surface area contributed by atoms with Crippen LogP contribution in [0.25, 0.3) is 0 Å². The first-order chi connectivity index (χ1) is 15.9. The number of amides is 2. The molecule has 1 unspecified atom stereocenters. The molecule has 6 heteroatoms. The van der Waals surface area contributed by atoms with Crippen molar-refractivity contribution in [3.8, 4) is 5.75 Å². The molecule has 0 radical (unpaired) electrons. The fourth-order valence-corrected chi connectivity index (χ4v) is 3.13. The highest BCUT2D eigenvalue weighted by molar-refractivity contribution is 5.97. The summed E-state index contributed by atoms with van der Waals surface area (Å²) in [4.78, 5) is 24.9. The minimum absolute atomic E-state index is 0.0737. The van der Waals surface area contributed by atoms with Gasteiger partial charge in [-0.2, -0.15) is 0 Å². The van der Waals surface area contributed by atoms with E-state index in [1.807, 2.05) is 68.4 Å². The Kier molecular flexibility index (Phi) is 8.24. The van der Waals surface area contributed by atoms with E-state index in [0.717, 1.165) is 16.8 Å². The van der Waals surface area contributed by atoms with Crippen molar-refractivity contribution in [3.05, 3.63) is 102 Å². The smallest absolute Gasteiger partial charge is 0.251 e. The van der Waals surface area contributed by atoms with E-state index < -0.39 is 0 Å². The van der Waals surface area contributed by atoms with Crippen molar-refractivity contribution < 1.29 is 14.3 Å². The molecule has 3 rings (SSSR count). The average molecular weight is 444 g/mol. The quantitative estimate of drug-likeness (QED) is 0.377. The van der Waals surface area contributed by atoms with Crippen molar-refractivity contribution in [2.24, 2.45) is 0 Å². The first kappa shape index (κ1) is 23.6. The highest BCUT2D eigenvalue weighted by Gasteiger charge is 2.12. The maximum absolute atomic E-state index is 12.5. The van der Waals surface area contributed by atoms with E-state index in [-0.39, 0.29) is 24.4 Å². The molecule has 0 bridgehead atoms. The number of benzene rings is 3. The van der Waals surface area contributed by atoms with Gasteiger partial charge < -0.3 is 20.7 Å². The molecule has 0 aromatic heterocycles. The van der Waals surface area contributed by atoms with Gasteiger partial charge in [0.15, 0.2) is 0 Å². The van der Waals surface area contributed by atoms with Crippen LogP contribution in [-0.4, -0.2) is 25.0 Å². The van der Waals surface area contributed by atoms with Crippen LogP contribution in [0.15, 0.2) is 91.0 Å². The minimum atomic E-state index is -0.209. The molecular weight excluding hydrogens is 414 g/mol. The van der Waals surface area contributed by atoms with Crippen LogP contribution in [0.5, 0.6) is 5.75 Å². The Labute approximate surface area is 194 Å². The summed E-state index contributed by atoms with van der Waals surface area (Å²) in [5.41, 5.74) is 3.82. The third-order valence-corrected chi connectivity index (χ3v) is 4.88. The summed E-state index contributed by atoms with van der Waals surface area (Å²) in [6, 6.07) is 23.9. The molecule has 0 spiro atoms. The molecule has 0 heterocycles. The topological polar surface area (TPSA) is 79.5 Å². The summed E-state index contributed by atoms with van der Waals surface area (Å²) in [5.74, 6) is 0.283. The molecule has 3 aromatic carbocycles. The van der Waals surface area contributed by atoms with Gasteiger partial charge in [0.1, 0.15) is 12.4 Å². The lowest BCUT2D eigenvalue weighted by Gasteiger charge is -2.15. The molecule has 33 heavy (non-hydrogen) atoms. The van der Waals surface area contributed by atoms with Crippen LogP contribution < -0.4 is 20.7 Å². The van der Waals surface area contributed by atoms with E-state index in [4.69, 9.17) is 4.74 Å². The summed E-state index contributed by atoms with van der Waals surface area (Å²) < 4.78 is 5.71. The predicted molar refractivity (Wildman–Crippen MR) is 133 cm³/mol. The normalized spacial score (nSPS) is 11.2. The Morgan fingerprint density at radius 2 is 1.61 bits per heavy atom. The molecule has 0 fully saturated rings. The second-order valence-electron chi connectivity index (χ2n) is 7.83. The number of nitrogens with one attached hydrogen (secondary N) is 3. The fourth-order valence-electron chi connectivity index (χ4n) is 3.13. The fraction of sp³-hybridized carbons (Fsp3) is 0.185. The molecule has 0 saturated carbocycles. The lowest BCUT2D eigenvalue weighted by molar-refractivity contribution is -0.114. The number of ether oxygens (including phenoxy) is 1. The van der Waals surface area contributed by atoms with Crippen molar-refractivity contribution in [2.45, 2.75) is 19.9 Å². The SMILES string of the molecule is C=C(C)COc1ccccc1NCC(=O)Nc1ccc(C(=O)NC(C)c2ccccc2)cc1. The number of carbonyl (C=O) groups is 2. The van der Waals surface area contributed by atoms with Gasteiger partial charge in [-0.15, -0.1) is 0 Å². The van der Waals surface area contributed by atoms with E-state index in [1.165, 1.54) is 0 Å². The van der Waals surface area contributed by atoms with Crippen molar-refractivity contribution in [2.75, 3.05) is 23.8 Å². The van der Waals surface area contributed by atoms with Crippen LogP contribution in [0.1, 0.15) is 35.8 Å². The molecule has 0 saturated heterocycles. The number of rotatable bonds is 10. The van der Waals surface area contributed by atoms with Crippen LogP contribution >= 0.6 is 0 Å². The molecule has 0 aliphatic rings. The van der Waals surface area contributed by atoms with Gasteiger partial charge in [-0.3, -0.25) is 9.59 Å². The predicted octanol–water partition coefficient (Wildman–Crippen LogP) is 5.18. The Balaban J connectivity index is 1.51. The first-order valence-corrected chi connectivity index (χ1v) is 10.8. The van der Waals surface area contributed by atoms with Gasteiger partial charge in [-0.1, -0.05) is 49.0 Å². The van der Waals surface area contributed by atoms with Crippen LogP contribution in [0, 0.1) is 0 Å². The van der Waals surface area contributed by atoms with Crippen LogP contribution in [0.3, 0.4) is 0 Å². The molecule has 0 aliphatic heterocycles. The van der Waals surface area contributed by atoms with Gasteiger partial charge in [0.05, 0.1) is 18.3 Å². The highest BCUT2D eigenvalue weighted by atomic mass is 16.5. The number of hydrogen-bond donors (Lipinski definition) is 3. The maximum atomic E-state index is 12.5. The van der Waals surface area contributed by atoms with Crippen LogP contribution in [0.4, 0.5) is 11.4 Å². The zero-order valence-electron chi connectivity index (χ0n) is 18.9. The third-order valence-electron chi connectivity index (χ3n) is 4.88. The third kappa shape index (κ3) is 7.25. The summed E-state index contributed by atoms with van der Waals surface area (Å²) in [6.45, 7) is 8.15. The summed E-state index contributed by atoms with van der Waals surface area (Å²) in [5, 5.41) is 8.90. The van der Waals surface area contributed by atoms with Crippen molar-refractivity contribution in [3.63, 3.8) is 0 Å². The van der Waals surface area contributed by atoms with Gasteiger partial charge >= 0.3 is 0 Å². The summed E-state index contributed by atoms with van der Waals surface area (Å²) >= 11 is 0. The largest absolute Gasteiger partial charge is 0.487 e. The average Bonchev–Trinajstić information content (AvgIpc) is 2.82. The monoisotopic (exact) mass is 443 g/mol. The lowest BCUT2D eigenvalue weighted by atomic mass is 10.1. The molecule has 1 atom stereocenters. The standard InChI is InChI=1S/C27H29N3O3/c1-19(2)18-33-25-12-8-7-11-24(25)28-17-26(31)30-23-15-13-22(14-16-23)27(32)29-20(3)21-9-5-4-6-10-21/h4-16,20,28H,1,17-18H2,2-3H3,(H,29,32)(H,30,31). The Morgan fingerprint density at radius 3 is 2.30 bits per heavy atom. The molecular formula is C27H29N3O3. The van der Waals surface area contributed by atoms with E-state index in [1.54, 1.807) is 24.3 Å². The van der Waals surface area contributed by atoms with Gasteiger partial charge in [0.25, 0.3) is 5.91 Å². The van der Waals surface area contributed by atoms with Crippen molar-refractivity contribution in [1.82, 2.24) is 5.32 Å². The molecule has 3 N–H and O–H groups in total. The molecule has 0 aliphatic carbocycles. The zero-order valence-corrected chi connectivity index (χ0v) is 18.9. The molecule has 2 amide bonds. The first-order valence-electron chi connectivity index (χ1n) is 10.8. The van der Waals surface area contributed by atoms with Gasteiger partial charge in [-0.25, -0.2) is 0 Å². The Morgan fingerprint density at radius 1 is 0.939 bits per heavy atom. The molecule has 6 nitrogen and oxygen atoms in total. The van der Waals surface area contributed by atoms with Crippen LogP contribution in [-0.2, 0) is 4.79 Å². The number of anilines is 2. The number of para-hydroxylation sites is 2. The van der Waals surface area contributed by atoms with Crippen LogP contribution in [0.2, 0.25) is 0 Å². The lowest BCUT2D eigenvalue weighted by Crippen LogP contribution is -2.26. The molecule has 3 aromatic rings. The van der Waals surface area contributed by atoms with Crippen molar-refractivity contribution in [1.29, 1.82) is 0 Å². The Hall–Kier alpha value is -4.06. The number of hydrogen-bond acceptors (Lipinski definition) is 4. The summed E-state index contributed by atoms with van der Waals surface area (Å²) in [7, 11) is 0. The molecule has 170 valence electrons. The van der Waals surface area contributed by atoms with Gasteiger partial charge in [-0.05, 0) is 61.4 Å². The highest BCUT2D eigenvalue weighted by Crippen LogP contribution is 2.24. The summed E-state index contributed by atoms with van der Waals surface area (Å²) in [6.07, 6.45) is 0. The van der Waals surface area contributed by atoms with Gasteiger partial charge in [0.2, 0.25) is 5.91 Å². The Bertz CT molecular complexity index is 1100. The second kappa shape index (κ2) is 11.5. The minimum Gasteiger partial charge on any atom is -0.487 e. The van der Waals surface area contributed by atoms with E-state index in [9.17, 15) is 9.59 Å². The van der Waals surface area contributed by atoms with E-state index in [2.05, 4.69) is 22.5 Å². The van der Waals surface area contributed by atoms with E-state index >= 15 is 0 Å². The number of carbonyl (C=O) groups excluding carboxylic acids is 2. The van der Waals surface area contributed by atoms with Crippen molar-refractivity contribution >= 4 is 23.2 Å². The zero-order chi connectivity index (χ0) is 23.6. The second-order valence-corrected chi connectivity index (χ2v) is 7.83. The van der Waals surface area contributed by atoms with Gasteiger partial charge in [0, 0.05) is 11.3 Å². The van der Waals surface area contributed by atoms with E-state index in [0.29, 0.717) is 23.6 Å².